The fourth-order valence-corrected chi connectivity index (χ4v) is 0.796. The molecule has 0 aliphatic rings. The molecule has 0 fully saturated rings. The predicted octanol–water partition coefficient (Wildman–Crippen LogP) is 1.20. The number of H-pyrrole nitrogens is 1. The highest BCUT2D eigenvalue weighted by molar-refractivity contribution is 7.80. The van der Waals surface area contributed by atoms with Gasteiger partial charge in [-0.15, -0.1) is 5.10 Å². The van der Waals surface area contributed by atoms with Gasteiger partial charge in [0.25, 0.3) is 4.84 Å². The second-order valence-corrected chi connectivity index (χ2v) is 2.30. The molecule has 0 bridgehead atoms. The molecule has 0 spiro atoms. The maximum Gasteiger partial charge on any atom is 0.284 e. The van der Waals surface area contributed by atoms with Crippen molar-refractivity contribution in [3.63, 3.8) is 0 Å². The second kappa shape index (κ2) is 3.03. The Morgan fingerprint density at radius 2 is 2.56 bits per heavy atom. The number of nitrogens with one attached hydrogen (secondary N) is 1. The summed E-state index contributed by atoms with van der Waals surface area (Å²) in [6.45, 7) is 0. The number of thiol groups is 1. The zero-order chi connectivity index (χ0) is 6.69. The maximum atomic E-state index is 4.92. The van der Waals surface area contributed by atoms with Crippen LogP contribution in [-0.4, -0.2) is 16.0 Å². The van der Waals surface area contributed by atoms with Crippen molar-refractivity contribution in [2.45, 2.75) is 6.42 Å². The summed E-state index contributed by atoms with van der Waals surface area (Å²) in [5.74, 6) is 1.35. The molecule has 0 saturated heterocycles. The molecule has 0 aliphatic carbocycles. The monoisotopic (exact) mass is 162 g/mol. The Hall–Kier alpha value is -0.290. The van der Waals surface area contributed by atoms with Gasteiger partial charge in [0.05, 0.1) is 0 Å². The van der Waals surface area contributed by atoms with Crippen molar-refractivity contribution in [1.82, 2.24) is 10.2 Å². The molecule has 0 radical (unpaired) electrons. The van der Waals surface area contributed by atoms with Crippen LogP contribution in [-0.2, 0) is 6.42 Å². The number of rotatable bonds is 2. The van der Waals surface area contributed by atoms with E-state index in [0.717, 1.165) is 12.2 Å². The van der Waals surface area contributed by atoms with E-state index < -0.39 is 0 Å². The molecule has 1 aromatic rings. The number of aromatic nitrogens is 2. The minimum Gasteiger partial charge on any atom is -0.414 e. The van der Waals surface area contributed by atoms with Crippen LogP contribution in [0.4, 0.5) is 0 Å². The molecule has 0 saturated carbocycles. The second-order valence-electron chi connectivity index (χ2n) is 1.48. The molecule has 0 amide bonds. The zero-order valence-corrected chi connectivity index (χ0v) is 6.34. The highest BCUT2D eigenvalue weighted by Gasteiger charge is 1.94. The summed E-state index contributed by atoms with van der Waals surface area (Å²) in [4.78, 5) is 0.326. The molecule has 50 valence electrons. The Bertz CT molecular complexity index is 228. The molecule has 1 rings (SSSR count). The highest BCUT2D eigenvalue weighted by atomic mass is 32.1. The minimum absolute atomic E-state index is 0.326. The summed E-state index contributed by atoms with van der Waals surface area (Å²) in [7, 11) is 0. The van der Waals surface area contributed by atoms with Crippen molar-refractivity contribution in [2.75, 3.05) is 5.75 Å². The van der Waals surface area contributed by atoms with Gasteiger partial charge in [0.1, 0.15) is 0 Å². The SMILES string of the molecule is S=c1[nH]nc(CCS)o1. The first kappa shape index (κ1) is 6.82. The normalized spacial score (nSPS) is 9.89. The Balaban J connectivity index is 2.73. The van der Waals surface area contributed by atoms with E-state index in [0.29, 0.717) is 10.7 Å². The third kappa shape index (κ3) is 1.83. The van der Waals surface area contributed by atoms with Crippen molar-refractivity contribution >= 4 is 24.8 Å². The van der Waals surface area contributed by atoms with Gasteiger partial charge in [0, 0.05) is 6.42 Å². The molecule has 0 unspecified atom stereocenters. The summed E-state index contributed by atoms with van der Waals surface area (Å²) < 4.78 is 4.92. The Labute approximate surface area is 62.9 Å². The lowest BCUT2D eigenvalue weighted by Crippen LogP contribution is -1.84. The van der Waals surface area contributed by atoms with E-state index in [2.05, 4.69) is 35.0 Å². The maximum absolute atomic E-state index is 4.92. The van der Waals surface area contributed by atoms with Crippen molar-refractivity contribution < 1.29 is 4.42 Å². The van der Waals surface area contributed by atoms with E-state index >= 15 is 0 Å². The van der Waals surface area contributed by atoms with Crippen LogP contribution in [0.15, 0.2) is 4.42 Å². The van der Waals surface area contributed by atoms with Crippen LogP contribution < -0.4 is 0 Å². The summed E-state index contributed by atoms with van der Waals surface area (Å²) >= 11 is 8.63. The van der Waals surface area contributed by atoms with E-state index in [1.165, 1.54) is 0 Å². The molecular formula is C4H6N2OS2. The van der Waals surface area contributed by atoms with Gasteiger partial charge in [-0.3, -0.25) is 0 Å². The third-order valence-electron chi connectivity index (χ3n) is 0.808. The van der Waals surface area contributed by atoms with Gasteiger partial charge in [-0.1, -0.05) is 0 Å². The van der Waals surface area contributed by atoms with Crippen molar-refractivity contribution in [3.05, 3.63) is 10.7 Å². The standard InChI is InChI=1S/C4H6N2OS2/c8-2-1-3-5-6-4(9)7-3/h8H,1-2H2,(H,6,9). The van der Waals surface area contributed by atoms with Gasteiger partial charge < -0.3 is 4.42 Å². The lowest BCUT2D eigenvalue weighted by Gasteiger charge is -1.82. The molecule has 0 atom stereocenters. The van der Waals surface area contributed by atoms with Crippen LogP contribution in [0.1, 0.15) is 5.89 Å². The lowest BCUT2D eigenvalue weighted by atomic mass is 10.5. The van der Waals surface area contributed by atoms with Crippen LogP contribution in [0, 0.1) is 4.84 Å². The molecule has 9 heavy (non-hydrogen) atoms. The van der Waals surface area contributed by atoms with Gasteiger partial charge in [-0.25, -0.2) is 5.10 Å². The van der Waals surface area contributed by atoms with Crippen molar-refractivity contribution in [3.8, 4) is 0 Å². The molecule has 1 heterocycles. The molecule has 1 aromatic heterocycles. The fraction of sp³-hybridized carbons (Fsp3) is 0.500. The van der Waals surface area contributed by atoms with Gasteiger partial charge in [0.15, 0.2) is 0 Å². The first-order chi connectivity index (χ1) is 4.33. The van der Waals surface area contributed by atoms with Gasteiger partial charge in [0.2, 0.25) is 5.89 Å². The average Bonchev–Trinajstić information content (AvgIpc) is 2.17. The van der Waals surface area contributed by atoms with Crippen molar-refractivity contribution in [1.29, 1.82) is 0 Å². The summed E-state index contributed by atoms with van der Waals surface area (Å²) in [6.07, 6.45) is 0.719. The molecule has 0 aromatic carbocycles. The van der Waals surface area contributed by atoms with Crippen molar-refractivity contribution in [2.24, 2.45) is 0 Å². The molecule has 3 nitrogen and oxygen atoms in total. The smallest absolute Gasteiger partial charge is 0.284 e. The first-order valence-corrected chi connectivity index (χ1v) is 3.52. The quantitative estimate of drug-likeness (QED) is 0.507. The summed E-state index contributed by atoms with van der Waals surface area (Å²) in [5.41, 5.74) is 0. The number of aromatic amines is 1. The third-order valence-corrected chi connectivity index (χ3v) is 1.21. The summed E-state index contributed by atoms with van der Waals surface area (Å²) in [6, 6.07) is 0. The number of nitrogens with zero attached hydrogens (tertiary/aromatic N) is 1. The van der Waals surface area contributed by atoms with E-state index in [9.17, 15) is 0 Å². The van der Waals surface area contributed by atoms with E-state index in [1.807, 2.05) is 0 Å². The van der Waals surface area contributed by atoms with Crippen LogP contribution in [0.2, 0.25) is 0 Å². The van der Waals surface area contributed by atoms with Crippen LogP contribution in [0.25, 0.3) is 0 Å². The average molecular weight is 162 g/mol. The highest BCUT2D eigenvalue weighted by Crippen LogP contribution is 1.95. The molecule has 1 N–H and O–H groups in total. The Kier molecular flexibility index (Phi) is 2.29. The van der Waals surface area contributed by atoms with E-state index in [4.69, 9.17) is 4.42 Å². The zero-order valence-electron chi connectivity index (χ0n) is 4.63. The predicted molar refractivity (Wildman–Crippen MR) is 39.2 cm³/mol. The minimum atomic E-state index is 0.326. The topological polar surface area (TPSA) is 41.8 Å². The van der Waals surface area contributed by atoms with Gasteiger partial charge >= 0.3 is 0 Å². The Morgan fingerprint density at radius 1 is 1.78 bits per heavy atom. The lowest BCUT2D eigenvalue weighted by molar-refractivity contribution is 0.488. The molecule has 5 heteroatoms. The molecule has 0 aliphatic heterocycles. The number of aryl methyl sites for hydroxylation is 1. The fourth-order valence-electron chi connectivity index (χ4n) is 0.463. The first-order valence-electron chi connectivity index (χ1n) is 2.48. The van der Waals surface area contributed by atoms with Gasteiger partial charge in [-0.05, 0) is 18.0 Å². The van der Waals surface area contributed by atoms with Crippen LogP contribution >= 0.6 is 24.8 Å². The van der Waals surface area contributed by atoms with Gasteiger partial charge in [-0.2, -0.15) is 12.6 Å². The van der Waals surface area contributed by atoms with Crippen LogP contribution in [0.3, 0.4) is 0 Å². The largest absolute Gasteiger partial charge is 0.414 e. The molecular weight excluding hydrogens is 156 g/mol. The number of hydrogen-bond acceptors (Lipinski definition) is 4. The van der Waals surface area contributed by atoms with Crippen LogP contribution in [0.5, 0.6) is 0 Å². The van der Waals surface area contributed by atoms with E-state index in [-0.39, 0.29) is 0 Å². The summed E-state index contributed by atoms with van der Waals surface area (Å²) in [5, 5.41) is 6.28. The van der Waals surface area contributed by atoms with E-state index in [1.54, 1.807) is 0 Å². The Morgan fingerprint density at radius 3 is 3.00 bits per heavy atom. The number of hydrogen-bond donors (Lipinski definition) is 2.